The van der Waals surface area contributed by atoms with Gasteiger partial charge in [0.05, 0.1) is 10.7 Å². The molecule has 0 atom stereocenters. The molecule has 1 fully saturated rings. The summed E-state index contributed by atoms with van der Waals surface area (Å²) in [6.45, 7) is 2.87. The van der Waals surface area contributed by atoms with Crippen LogP contribution in [0.3, 0.4) is 0 Å². The first-order valence-corrected chi connectivity index (χ1v) is 9.19. The van der Waals surface area contributed by atoms with E-state index in [0.29, 0.717) is 28.8 Å². The zero-order valence-corrected chi connectivity index (χ0v) is 15.5. The molecule has 2 aromatic carbocycles. The van der Waals surface area contributed by atoms with Crippen LogP contribution >= 0.6 is 23.2 Å². The Balaban J connectivity index is 1.41. The summed E-state index contributed by atoms with van der Waals surface area (Å²) in [6, 6.07) is 13.2. The van der Waals surface area contributed by atoms with Crippen molar-refractivity contribution in [1.82, 2.24) is 9.88 Å². The second kappa shape index (κ2) is 7.09. The van der Waals surface area contributed by atoms with E-state index < -0.39 is 0 Å². The molecule has 0 unspecified atom stereocenters. The van der Waals surface area contributed by atoms with Gasteiger partial charge in [-0.15, -0.1) is 0 Å². The summed E-state index contributed by atoms with van der Waals surface area (Å²) >= 11 is 12.0. The van der Waals surface area contributed by atoms with Crippen LogP contribution in [-0.2, 0) is 0 Å². The van der Waals surface area contributed by atoms with Crippen LogP contribution in [0.25, 0.3) is 10.9 Å². The van der Waals surface area contributed by atoms with Crippen molar-refractivity contribution in [3.05, 3.63) is 58.7 Å². The maximum Gasteiger partial charge on any atom is 0.322 e. The Kier molecular flexibility index (Phi) is 4.66. The van der Waals surface area contributed by atoms with E-state index in [2.05, 4.69) is 39.5 Å². The Labute approximate surface area is 161 Å². The normalized spacial score (nSPS) is 14.7. The Morgan fingerprint density at radius 1 is 1.04 bits per heavy atom. The number of urea groups is 1. The fourth-order valence-corrected chi connectivity index (χ4v) is 3.74. The van der Waals surface area contributed by atoms with E-state index in [9.17, 15) is 4.79 Å². The number of benzene rings is 2. The lowest BCUT2D eigenvalue weighted by molar-refractivity contribution is 0.208. The average molecular weight is 389 g/mol. The van der Waals surface area contributed by atoms with Crippen molar-refractivity contribution in [2.45, 2.75) is 0 Å². The number of piperazine rings is 1. The molecule has 1 aliphatic heterocycles. The number of aromatic amines is 1. The SMILES string of the molecule is O=C(Nc1ccc(Cl)cc1Cl)N1CCN(c2cccc3[nH]ccc23)CC1. The van der Waals surface area contributed by atoms with Crippen molar-refractivity contribution in [3.8, 4) is 0 Å². The van der Waals surface area contributed by atoms with Gasteiger partial charge in [0.25, 0.3) is 0 Å². The number of hydrogen-bond donors (Lipinski definition) is 2. The van der Waals surface area contributed by atoms with Gasteiger partial charge in [-0.25, -0.2) is 4.79 Å². The Hall–Kier alpha value is -2.37. The molecule has 3 aromatic rings. The summed E-state index contributed by atoms with van der Waals surface area (Å²) in [5.41, 5.74) is 2.89. The van der Waals surface area contributed by atoms with Gasteiger partial charge in [0, 0.05) is 54.0 Å². The van der Waals surface area contributed by atoms with Gasteiger partial charge in [-0.1, -0.05) is 29.3 Å². The highest BCUT2D eigenvalue weighted by Gasteiger charge is 2.22. The first-order valence-electron chi connectivity index (χ1n) is 8.44. The van der Waals surface area contributed by atoms with Crippen LogP contribution in [0.5, 0.6) is 0 Å². The lowest BCUT2D eigenvalue weighted by atomic mass is 10.2. The van der Waals surface area contributed by atoms with Gasteiger partial charge in [0.15, 0.2) is 0 Å². The molecule has 134 valence electrons. The predicted octanol–water partition coefficient (Wildman–Crippen LogP) is 4.83. The van der Waals surface area contributed by atoms with Crippen LogP contribution in [0.1, 0.15) is 0 Å². The van der Waals surface area contributed by atoms with E-state index in [1.165, 1.54) is 11.1 Å². The molecule has 5 nitrogen and oxygen atoms in total. The Bertz CT molecular complexity index is 948. The predicted molar refractivity (Wildman–Crippen MR) is 108 cm³/mol. The maximum absolute atomic E-state index is 12.5. The minimum absolute atomic E-state index is 0.145. The van der Waals surface area contributed by atoms with Crippen molar-refractivity contribution in [2.75, 3.05) is 36.4 Å². The fourth-order valence-electron chi connectivity index (χ4n) is 3.28. The number of H-pyrrole nitrogens is 1. The average Bonchev–Trinajstić information content (AvgIpc) is 3.13. The minimum atomic E-state index is -0.145. The summed E-state index contributed by atoms with van der Waals surface area (Å²) in [7, 11) is 0. The molecular weight excluding hydrogens is 371 g/mol. The van der Waals surface area contributed by atoms with Gasteiger partial charge in [-0.05, 0) is 36.4 Å². The molecule has 2 N–H and O–H groups in total. The molecule has 26 heavy (non-hydrogen) atoms. The maximum atomic E-state index is 12.5. The van der Waals surface area contributed by atoms with Gasteiger partial charge in [0.2, 0.25) is 0 Å². The highest BCUT2D eigenvalue weighted by Crippen LogP contribution is 2.28. The first kappa shape index (κ1) is 17.1. The third-order valence-corrected chi connectivity index (χ3v) is 5.20. The lowest BCUT2D eigenvalue weighted by Crippen LogP contribution is -2.50. The molecule has 4 rings (SSSR count). The number of hydrogen-bond acceptors (Lipinski definition) is 2. The quantitative estimate of drug-likeness (QED) is 0.660. The number of fused-ring (bicyclic) bond motifs is 1. The number of nitrogens with zero attached hydrogens (tertiary/aromatic N) is 2. The highest BCUT2D eigenvalue weighted by molar-refractivity contribution is 6.36. The second-order valence-corrected chi connectivity index (χ2v) is 7.09. The third kappa shape index (κ3) is 3.32. The summed E-state index contributed by atoms with van der Waals surface area (Å²) in [5.74, 6) is 0. The van der Waals surface area contributed by atoms with Crippen LogP contribution in [0.2, 0.25) is 10.0 Å². The molecule has 0 aliphatic carbocycles. The number of carbonyl (C=O) groups is 1. The van der Waals surface area contributed by atoms with Crippen molar-refractivity contribution in [2.24, 2.45) is 0 Å². The van der Waals surface area contributed by atoms with Crippen molar-refractivity contribution < 1.29 is 4.79 Å². The van der Waals surface area contributed by atoms with E-state index in [4.69, 9.17) is 23.2 Å². The van der Waals surface area contributed by atoms with Crippen LogP contribution < -0.4 is 10.2 Å². The largest absolute Gasteiger partial charge is 0.367 e. The number of carbonyl (C=O) groups excluding carboxylic acids is 1. The molecule has 2 heterocycles. The standard InChI is InChI=1S/C19H18Cl2N4O/c20-13-4-5-17(15(21)12-13)23-19(26)25-10-8-24(9-11-25)18-3-1-2-16-14(18)6-7-22-16/h1-7,12,22H,8-11H2,(H,23,26). The summed E-state index contributed by atoms with van der Waals surface area (Å²) in [5, 5.41) is 5.04. The van der Waals surface area contributed by atoms with Crippen molar-refractivity contribution >= 4 is 51.5 Å². The molecule has 7 heteroatoms. The minimum Gasteiger partial charge on any atom is -0.367 e. The van der Waals surface area contributed by atoms with E-state index in [1.54, 1.807) is 23.1 Å². The fraction of sp³-hybridized carbons (Fsp3) is 0.211. The summed E-state index contributed by atoms with van der Waals surface area (Å²) < 4.78 is 0. The molecule has 0 bridgehead atoms. The number of halogens is 2. The first-order chi connectivity index (χ1) is 12.6. The Morgan fingerprint density at radius 2 is 1.85 bits per heavy atom. The molecular formula is C19H18Cl2N4O. The van der Waals surface area contributed by atoms with E-state index in [0.717, 1.165) is 18.6 Å². The molecule has 0 saturated carbocycles. The van der Waals surface area contributed by atoms with Crippen LogP contribution in [0, 0.1) is 0 Å². The van der Waals surface area contributed by atoms with Crippen molar-refractivity contribution in [1.29, 1.82) is 0 Å². The van der Waals surface area contributed by atoms with Gasteiger partial charge >= 0.3 is 6.03 Å². The van der Waals surface area contributed by atoms with Gasteiger partial charge in [-0.2, -0.15) is 0 Å². The number of rotatable bonds is 2. The zero-order chi connectivity index (χ0) is 18.1. The summed E-state index contributed by atoms with van der Waals surface area (Å²) in [6.07, 6.45) is 1.95. The van der Waals surface area contributed by atoms with Crippen LogP contribution in [0.15, 0.2) is 48.7 Å². The lowest BCUT2D eigenvalue weighted by Gasteiger charge is -2.36. The molecule has 1 aromatic heterocycles. The molecule has 0 radical (unpaired) electrons. The molecule has 2 amide bonds. The molecule has 1 aliphatic rings. The molecule has 0 spiro atoms. The monoisotopic (exact) mass is 388 g/mol. The van der Waals surface area contributed by atoms with Gasteiger partial charge in [0.1, 0.15) is 0 Å². The number of aromatic nitrogens is 1. The highest BCUT2D eigenvalue weighted by atomic mass is 35.5. The van der Waals surface area contributed by atoms with Crippen LogP contribution in [-0.4, -0.2) is 42.1 Å². The number of amides is 2. The number of nitrogens with one attached hydrogen (secondary N) is 2. The third-order valence-electron chi connectivity index (χ3n) is 4.65. The second-order valence-electron chi connectivity index (χ2n) is 6.24. The van der Waals surface area contributed by atoms with Gasteiger partial charge in [-0.3, -0.25) is 0 Å². The van der Waals surface area contributed by atoms with Crippen molar-refractivity contribution in [3.63, 3.8) is 0 Å². The van der Waals surface area contributed by atoms with E-state index >= 15 is 0 Å². The number of anilines is 2. The smallest absolute Gasteiger partial charge is 0.322 e. The van der Waals surface area contributed by atoms with E-state index in [1.807, 2.05) is 6.20 Å². The topological polar surface area (TPSA) is 51.4 Å². The molecule has 1 saturated heterocycles. The zero-order valence-electron chi connectivity index (χ0n) is 14.0. The summed E-state index contributed by atoms with van der Waals surface area (Å²) in [4.78, 5) is 19.9. The van der Waals surface area contributed by atoms with Gasteiger partial charge < -0.3 is 20.1 Å². The Morgan fingerprint density at radius 3 is 2.62 bits per heavy atom. The van der Waals surface area contributed by atoms with Crippen LogP contribution in [0.4, 0.5) is 16.2 Å². The van der Waals surface area contributed by atoms with E-state index in [-0.39, 0.29) is 6.03 Å².